The summed E-state index contributed by atoms with van der Waals surface area (Å²) >= 11 is 0. The number of hydrogen-bond donors (Lipinski definition) is 3. The molecule has 0 unspecified atom stereocenters. The number of benzene rings is 1. The number of rotatable bonds is 6. The SMILES string of the molecule is O=C(O)CCCCC(=O)Nc1ccc2oc(=O)[nH]c2c1. The van der Waals surface area contributed by atoms with E-state index < -0.39 is 11.7 Å². The van der Waals surface area contributed by atoms with Gasteiger partial charge in [-0.3, -0.25) is 14.6 Å². The second-order valence-corrected chi connectivity index (χ2v) is 4.37. The van der Waals surface area contributed by atoms with Crippen LogP contribution in [-0.4, -0.2) is 22.0 Å². The molecule has 7 heteroatoms. The first-order chi connectivity index (χ1) is 9.54. The van der Waals surface area contributed by atoms with Gasteiger partial charge in [-0.15, -0.1) is 0 Å². The van der Waals surface area contributed by atoms with Gasteiger partial charge in [0.25, 0.3) is 0 Å². The van der Waals surface area contributed by atoms with Gasteiger partial charge < -0.3 is 14.8 Å². The number of aromatic amines is 1. The van der Waals surface area contributed by atoms with Gasteiger partial charge in [-0.25, -0.2) is 4.79 Å². The number of carboxylic acid groups (broad SMARTS) is 1. The van der Waals surface area contributed by atoms with Crippen LogP contribution in [0.2, 0.25) is 0 Å². The fourth-order valence-electron chi connectivity index (χ4n) is 1.82. The van der Waals surface area contributed by atoms with E-state index in [0.29, 0.717) is 29.6 Å². The number of aliphatic carboxylic acids is 1. The number of hydrogen-bond acceptors (Lipinski definition) is 4. The molecule has 0 saturated heterocycles. The third kappa shape index (κ3) is 3.71. The van der Waals surface area contributed by atoms with Gasteiger partial charge in [0.1, 0.15) is 0 Å². The van der Waals surface area contributed by atoms with Crippen LogP contribution in [0.1, 0.15) is 25.7 Å². The van der Waals surface area contributed by atoms with Crippen molar-refractivity contribution in [2.45, 2.75) is 25.7 Å². The third-order valence-electron chi connectivity index (χ3n) is 2.75. The van der Waals surface area contributed by atoms with Crippen molar-refractivity contribution in [2.24, 2.45) is 0 Å². The van der Waals surface area contributed by atoms with Crippen LogP contribution in [0.25, 0.3) is 11.1 Å². The maximum atomic E-state index is 11.6. The fraction of sp³-hybridized carbons (Fsp3) is 0.308. The molecule has 106 valence electrons. The second kappa shape index (κ2) is 6.05. The van der Waals surface area contributed by atoms with Crippen LogP contribution in [0.5, 0.6) is 0 Å². The Morgan fingerprint density at radius 2 is 2.00 bits per heavy atom. The number of nitrogens with one attached hydrogen (secondary N) is 2. The Morgan fingerprint density at radius 1 is 1.25 bits per heavy atom. The number of unbranched alkanes of at least 4 members (excludes halogenated alkanes) is 1. The zero-order valence-electron chi connectivity index (χ0n) is 10.6. The Morgan fingerprint density at radius 3 is 2.75 bits per heavy atom. The van der Waals surface area contributed by atoms with Crippen LogP contribution in [-0.2, 0) is 9.59 Å². The summed E-state index contributed by atoms with van der Waals surface area (Å²) in [6.07, 6.45) is 1.31. The lowest BCUT2D eigenvalue weighted by molar-refractivity contribution is -0.137. The summed E-state index contributed by atoms with van der Waals surface area (Å²) in [4.78, 5) is 35.5. The summed E-state index contributed by atoms with van der Waals surface area (Å²) in [5, 5.41) is 11.2. The molecule has 0 fully saturated rings. The molecule has 0 radical (unpaired) electrons. The first-order valence-corrected chi connectivity index (χ1v) is 6.19. The zero-order valence-corrected chi connectivity index (χ0v) is 10.6. The van der Waals surface area contributed by atoms with Crippen molar-refractivity contribution in [1.29, 1.82) is 0 Å². The van der Waals surface area contributed by atoms with Crippen LogP contribution in [0.4, 0.5) is 5.69 Å². The molecule has 2 aromatic rings. The summed E-state index contributed by atoms with van der Waals surface area (Å²) in [5.74, 6) is -1.60. The number of oxazole rings is 1. The van der Waals surface area contributed by atoms with Gasteiger partial charge in [0.2, 0.25) is 5.91 Å². The molecular weight excluding hydrogens is 264 g/mol. The predicted molar refractivity (Wildman–Crippen MR) is 71.6 cm³/mol. The summed E-state index contributed by atoms with van der Waals surface area (Å²) < 4.78 is 4.85. The van der Waals surface area contributed by atoms with Gasteiger partial charge in [0, 0.05) is 18.5 Å². The van der Waals surface area contributed by atoms with Crippen molar-refractivity contribution in [2.75, 3.05) is 5.32 Å². The summed E-state index contributed by atoms with van der Waals surface area (Å²) in [6, 6.07) is 4.83. The van der Waals surface area contributed by atoms with Crippen molar-refractivity contribution >= 4 is 28.7 Å². The Balaban J connectivity index is 1.89. The van der Waals surface area contributed by atoms with E-state index in [0.717, 1.165) is 0 Å². The number of carbonyl (C=O) groups is 2. The number of carbonyl (C=O) groups excluding carboxylic acids is 1. The summed E-state index contributed by atoms with van der Waals surface area (Å²) in [7, 11) is 0. The van der Waals surface area contributed by atoms with Crippen LogP contribution < -0.4 is 11.1 Å². The molecule has 1 amide bonds. The standard InChI is InChI=1S/C13H14N2O5/c16-11(3-1-2-4-12(17)18)14-8-5-6-10-9(7-8)15-13(19)20-10/h5-7H,1-4H2,(H,14,16)(H,15,19)(H,17,18). The van der Waals surface area contributed by atoms with Gasteiger partial charge in [-0.1, -0.05) is 0 Å². The second-order valence-electron chi connectivity index (χ2n) is 4.37. The van der Waals surface area contributed by atoms with Crippen LogP contribution in [0, 0.1) is 0 Å². The van der Waals surface area contributed by atoms with E-state index in [1.54, 1.807) is 18.2 Å². The molecule has 0 atom stereocenters. The first kappa shape index (κ1) is 13.9. The molecule has 0 aliphatic heterocycles. The minimum Gasteiger partial charge on any atom is -0.481 e. The van der Waals surface area contributed by atoms with E-state index in [2.05, 4.69) is 10.3 Å². The number of amides is 1. The molecule has 2 rings (SSSR count). The highest BCUT2D eigenvalue weighted by molar-refractivity contribution is 5.92. The Kier molecular flexibility index (Phi) is 4.19. The molecule has 0 spiro atoms. The Bertz CT molecular complexity index is 685. The minimum atomic E-state index is -0.861. The van der Waals surface area contributed by atoms with E-state index >= 15 is 0 Å². The average Bonchev–Trinajstić information content (AvgIpc) is 2.74. The Labute approximate surface area is 113 Å². The lowest BCUT2D eigenvalue weighted by Crippen LogP contribution is -2.11. The quantitative estimate of drug-likeness (QED) is 0.696. The number of aromatic nitrogens is 1. The van der Waals surface area contributed by atoms with E-state index in [-0.39, 0.29) is 18.7 Å². The number of carboxylic acids is 1. The number of H-pyrrole nitrogens is 1. The van der Waals surface area contributed by atoms with Crippen molar-refractivity contribution in [3.63, 3.8) is 0 Å². The molecule has 0 aliphatic carbocycles. The molecular formula is C13H14N2O5. The van der Waals surface area contributed by atoms with Crippen molar-refractivity contribution in [3.8, 4) is 0 Å². The molecule has 1 aromatic heterocycles. The highest BCUT2D eigenvalue weighted by Crippen LogP contribution is 2.16. The van der Waals surface area contributed by atoms with Crippen LogP contribution in [0.15, 0.2) is 27.4 Å². The van der Waals surface area contributed by atoms with Gasteiger partial charge in [-0.2, -0.15) is 0 Å². The predicted octanol–water partition coefficient (Wildman–Crippen LogP) is 1.70. The molecule has 0 bridgehead atoms. The molecule has 1 heterocycles. The minimum absolute atomic E-state index is 0.0650. The zero-order chi connectivity index (χ0) is 14.5. The van der Waals surface area contributed by atoms with Crippen molar-refractivity contribution in [1.82, 2.24) is 4.98 Å². The number of anilines is 1. The fourth-order valence-corrected chi connectivity index (χ4v) is 1.82. The third-order valence-corrected chi connectivity index (χ3v) is 2.75. The molecule has 1 aromatic carbocycles. The average molecular weight is 278 g/mol. The Hall–Kier alpha value is -2.57. The highest BCUT2D eigenvalue weighted by Gasteiger charge is 2.06. The maximum absolute atomic E-state index is 11.6. The highest BCUT2D eigenvalue weighted by atomic mass is 16.4. The molecule has 20 heavy (non-hydrogen) atoms. The molecule has 7 nitrogen and oxygen atoms in total. The lowest BCUT2D eigenvalue weighted by Gasteiger charge is -2.04. The van der Waals surface area contributed by atoms with Gasteiger partial charge in [-0.05, 0) is 31.0 Å². The molecule has 0 saturated carbocycles. The largest absolute Gasteiger partial charge is 0.481 e. The summed E-state index contributed by atoms with van der Waals surface area (Å²) in [6.45, 7) is 0. The topological polar surface area (TPSA) is 112 Å². The lowest BCUT2D eigenvalue weighted by atomic mass is 10.2. The van der Waals surface area contributed by atoms with E-state index in [1.807, 2.05) is 0 Å². The normalized spacial score (nSPS) is 10.6. The van der Waals surface area contributed by atoms with E-state index in [4.69, 9.17) is 9.52 Å². The van der Waals surface area contributed by atoms with Crippen LogP contribution in [0.3, 0.4) is 0 Å². The van der Waals surface area contributed by atoms with Crippen molar-refractivity contribution < 1.29 is 19.1 Å². The van der Waals surface area contributed by atoms with Crippen molar-refractivity contribution in [3.05, 3.63) is 28.7 Å². The first-order valence-electron chi connectivity index (χ1n) is 6.19. The maximum Gasteiger partial charge on any atom is 0.417 e. The van der Waals surface area contributed by atoms with Gasteiger partial charge >= 0.3 is 11.7 Å². The monoisotopic (exact) mass is 278 g/mol. The van der Waals surface area contributed by atoms with Gasteiger partial charge in [0.15, 0.2) is 5.58 Å². The van der Waals surface area contributed by atoms with Crippen LogP contribution >= 0.6 is 0 Å². The molecule has 0 aliphatic rings. The van der Waals surface area contributed by atoms with Gasteiger partial charge in [0.05, 0.1) is 5.52 Å². The smallest absolute Gasteiger partial charge is 0.417 e. The van der Waals surface area contributed by atoms with E-state index in [9.17, 15) is 14.4 Å². The summed E-state index contributed by atoms with van der Waals surface area (Å²) in [5.41, 5.74) is 1.49. The number of fused-ring (bicyclic) bond motifs is 1. The molecule has 3 N–H and O–H groups in total. The van der Waals surface area contributed by atoms with E-state index in [1.165, 1.54) is 0 Å².